The molecule has 0 saturated heterocycles. The predicted molar refractivity (Wildman–Crippen MR) is 197 cm³/mol. The zero-order valence-electron chi connectivity index (χ0n) is 31.0. The van der Waals surface area contributed by atoms with Gasteiger partial charge < -0.3 is 9.89 Å². The molecule has 0 atom stereocenters. The molecule has 0 aliphatic rings. The Morgan fingerprint density at radius 2 is 0.887 bits per heavy atom. The number of allylic oxidation sites excluding steroid dienone is 1. The van der Waals surface area contributed by atoms with Gasteiger partial charge in [0.25, 0.3) is 0 Å². The van der Waals surface area contributed by atoms with Crippen LogP contribution in [0.5, 0.6) is 0 Å². The van der Waals surface area contributed by atoms with Crippen molar-refractivity contribution in [2.24, 2.45) is 0 Å². The van der Waals surface area contributed by atoms with Crippen molar-refractivity contribution < 1.29 is 4.48 Å². The number of rotatable bonds is 9. The van der Waals surface area contributed by atoms with Crippen molar-refractivity contribution in [2.75, 3.05) is 26.2 Å². The highest BCUT2D eigenvalue weighted by Gasteiger charge is 2.59. The monoisotopic (exact) mass is 698 g/mol. The smallest absolute Gasteiger partial charge is 0.206 e. The van der Waals surface area contributed by atoms with Gasteiger partial charge in [0, 0.05) is 22.3 Å². The fourth-order valence-electron chi connectivity index (χ4n) is 6.28. The molecule has 0 aliphatic carbocycles. The quantitative estimate of drug-likeness (QED) is 0.110. The minimum Gasteiger partial charge on any atom is -0.762 e. The van der Waals surface area contributed by atoms with Crippen LogP contribution in [-0.2, 0) is 10.8 Å². The van der Waals surface area contributed by atoms with Gasteiger partial charge >= 0.3 is 0 Å². The third kappa shape index (κ3) is 6.62. The topological polar surface area (TPSA) is 240 Å². The van der Waals surface area contributed by atoms with Gasteiger partial charge in [-0.05, 0) is 55.4 Å². The number of benzene rings is 2. The van der Waals surface area contributed by atoms with E-state index in [1.54, 1.807) is 51.8 Å². The molecule has 1 radical (unpaired) electrons. The van der Waals surface area contributed by atoms with E-state index in [0.29, 0.717) is 22.8 Å². The first-order chi connectivity index (χ1) is 25.3. The summed E-state index contributed by atoms with van der Waals surface area (Å²) in [6.07, 6.45) is 0. The summed E-state index contributed by atoms with van der Waals surface area (Å²) in [4.78, 5) is 18.1. The number of fused-ring (bicyclic) bond motifs is 2. The largest absolute Gasteiger partial charge is 0.762 e. The molecule has 0 N–H and O–H groups in total. The minimum absolute atomic E-state index is 0.0251. The van der Waals surface area contributed by atoms with Crippen molar-refractivity contribution in [2.45, 2.75) is 66.2 Å². The molecule has 53 heavy (non-hydrogen) atoms. The van der Waals surface area contributed by atoms with E-state index in [0.717, 1.165) is 0 Å². The first kappa shape index (κ1) is 40.4. The number of hydrogen-bond acceptors (Lipinski definition) is 11. The van der Waals surface area contributed by atoms with Gasteiger partial charge in [0.2, 0.25) is 16.7 Å². The Morgan fingerprint density at radius 1 is 0.547 bits per heavy atom. The van der Waals surface area contributed by atoms with Crippen LogP contribution in [0.2, 0.25) is 0 Å². The second kappa shape index (κ2) is 16.3. The maximum absolute atomic E-state index is 10.8. The summed E-state index contributed by atoms with van der Waals surface area (Å²) in [7, 11) is 0. The highest BCUT2D eigenvalue weighted by Crippen LogP contribution is 2.48. The lowest BCUT2D eigenvalue weighted by Crippen LogP contribution is -2.47. The lowest BCUT2D eigenvalue weighted by atomic mass is 9.59. The number of nitrogens with zero attached hydrogens (tertiary/aromatic N) is 13. The summed E-state index contributed by atoms with van der Waals surface area (Å²) in [5, 5.41) is 81.4. The Balaban J connectivity index is 0.000000743. The van der Waals surface area contributed by atoms with Crippen LogP contribution in [0.15, 0.2) is 24.3 Å². The molecule has 0 unspecified atom stereocenters. The van der Waals surface area contributed by atoms with Gasteiger partial charge in [-0.2, -0.15) is 36.8 Å². The molecule has 2 heterocycles. The van der Waals surface area contributed by atoms with Crippen molar-refractivity contribution >= 4 is 33.5 Å². The van der Waals surface area contributed by atoms with Gasteiger partial charge in [0.05, 0.1) is 113 Å². The fraction of sp³-hybridized carbons (Fsp3) is 0.350. The number of aryl methyl sites for hydroxylation is 4. The summed E-state index contributed by atoms with van der Waals surface area (Å²) in [6, 6.07) is 18.2. The van der Waals surface area contributed by atoms with Gasteiger partial charge in [0.1, 0.15) is 6.07 Å². The van der Waals surface area contributed by atoms with Crippen LogP contribution in [0.1, 0.15) is 72.7 Å². The Labute approximate surface area is 309 Å². The first-order valence-electron chi connectivity index (χ1n) is 16.7. The summed E-state index contributed by atoms with van der Waals surface area (Å²) < 4.78 is 1.28. The van der Waals surface area contributed by atoms with Crippen molar-refractivity contribution in [3.8, 4) is 42.5 Å². The third-order valence-corrected chi connectivity index (χ3v) is 10.2. The highest BCUT2D eigenvalue weighted by molar-refractivity contribution is 6.06. The van der Waals surface area contributed by atoms with Crippen LogP contribution in [0.25, 0.3) is 33.0 Å². The Morgan fingerprint density at radius 3 is 1.17 bits per heavy atom. The molecule has 13 heteroatoms. The van der Waals surface area contributed by atoms with Crippen LogP contribution >= 0.6 is 0 Å². The number of hydrogen-bond donors (Lipinski definition) is 0. The molecule has 2 aromatic heterocycles. The van der Waals surface area contributed by atoms with E-state index in [2.05, 4.69) is 47.6 Å². The lowest BCUT2D eigenvalue weighted by molar-refractivity contribution is -0.921. The van der Waals surface area contributed by atoms with E-state index >= 15 is 0 Å². The van der Waals surface area contributed by atoms with Crippen molar-refractivity contribution in [3.05, 3.63) is 80.6 Å². The van der Waals surface area contributed by atoms with Crippen LogP contribution in [0.4, 0.5) is 0 Å². The molecule has 13 nitrogen and oxygen atoms in total. The van der Waals surface area contributed by atoms with Crippen molar-refractivity contribution in [3.63, 3.8) is 0 Å². The molecule has 4 rings (SSSR count). The molecule has 261 valence electrons. The summed E-state index contributed by atoms with van der Waals surface area (Å²) >= 11 is 0. The normalized spacial score (nSPS) is 11.0. The van der Waals surface area contributed by atoms with E-state index in [1.165, 1.54) is 54.9 Å². The summed E-state index contributed by atoms with van der Waals surface area (Å²) in [5.41, 5.74) is -3.98. The molecular weight excluding hydrogens is 663 g/mol. The maximum atomic E-state index is 10.8. The zero-order valence-corrected chi connectivity index (χ0v) is 31.0. The van der Waals surface area contributed by atoms with Gasteiger partial charge in [-0.1, -0.05) is 24.3 Å². The van der Waals surface area contributed by atoms with Gasteiger partial charge in [0.15, 0.2) is 0 Å². The van der Waals surface area contributed by atoms with E-state index in [4.69, 9.17) is 0 Å². The Kier molecular flexibility index (Phi) is 12.4. The van der Waals surface area contributed by atoms with Gasteiger partial charge in [-0.3, -0.25) is 0 Å². The van der Waals surface area contributed by atoms with E-state index in [1.807, 2.05) is 24.3 Å². The lowest BCUT2D eigenvalue weighted by Gasteiger charge is -2.34. The second-order valence-electron chi connectivity index (χ2n) is 12.3. The average molecular weight is 699 g/mol. The third-order valence-electron chi connectivity index (χ3n) is 10.2. The van der Waals surface area contributed by atoms with Gasteiger partial charge in [-0.15, -0.1) is 0 Å². The van der Waals surface area contributed by atoms with E-state index < -0.39 is 10.8 Å². The summed E-state index contributed by atoms with van der Waals surface area (Å²) in [6.45, 7) is 20.8. The molecule has 0 aliphatic heterocycles. The molecule has 0 saturated carbocycles. The van der Waals surface area contributed by atoms with Crippen LogP contribution in [0, 0.1) is 113 Å². The van der Waals surface area contributed by atoms with Crippen LogP contribution in [-0.4, -0.2) is 56.5 Å². The van der Waals surface area contributed by atoms with Gasteiger partial charge in [-0.25, -0.2) is 25.8 Å². The average Bonchev–Trinajstić information content (AvgIpc) is 3.18. The molecule has 4 aromatic rings. The molecule has 0 fully saturated rings. The van der Waals surface area contributed by atoms with E-state index in [9.17, 15) is 42.2 Å². The number of aromatic nitrogens is 4. The molecule has 0 amide bonds. The number of quaternary nitrogens is 1. The zero-order chi connectivity index (χ0) is 39.7. The molecule has 0 bridgehead atoms. The van der Waals surface area contributed by atoms with Crippen molar-refractivity contribution in [1.29, 1.82) is 36.8 Å². The molecule has 0 spiro atoms. The first-order valence-corrected chi connectivity index (χ1v) is 16.7. The number of nitriles is 7. The van der Waals surface area contributed by atoms with Crippen LogP contribution in [0.3, 0.4) is 0 Å². The minimum atomic E-state index is -2.59. The second-order valence-corrected chi connectivity index (χ2v) is 12.3. The summed E-state index contributed by atoms with van der Waals surface area (Å²) in [5.74, 6) is 1.51. The standard InChI is InChI=1S/C32H16N12.C8H20N/c1-17-19(3)43-29-25(7-5-23(27(29)41-17)21(9-33)10-34)31(13-37,14-38)32(15-39,16-40)26-8-6-24(22(11-35)12-36)28-30(26)44-20(4)18(2)42-28;1-5-9(6-2,7-3)8-4/h5-8H,1-4H3;5-8H2,1-4H3/q-1;+1. The SMILES string of the molecule is CC[N+](CC)(CC)CC.Cc1nc2c([C](C#N)C#N)ccc(C(C#N)(C#N)C(C#N)(C#N)c3ccc(C(=C=[N-])C#N)c4nc(C)c(C)nc34)c2nc1C. The Hall–Kier alpha value is -7.04. The molecule has 2 aromatic carbocycles. The molecular formula is C40H36N13. The maximum Gasteiger partial charge on any atom is 0.206 e. The fourth-order valence-corrected chi connectivity index (χ4v) is 6.28. The van der Waals surface area contributed by atoms with Crippen LogP contribution < -0.4 is 0 Å². The highest BCUT2D eigenvalue weighted by atomic mass is 15.3. The van der Waals surface area contributed by atoms with Crippen molar-refractivity contribution in [1.82, 2.24) is 19.9 Å². The van der Waals surface area contributed by atoms with E-state index in [-0.39, 0.29) is 55.8 Å². The predicted octanol–water partition coefficient (Wildman–Crippen LogP) is 6.08. The Bertz CT molecular complexity index is 2400.